The van der Waals surface area contributed by atoms with Crippen molar-refractivity contribution in [1.29, 1.82) is 0 Å². The first-order valence-electron chi connectivity index (χ1n) is 13.4. The zero-order valence-corrected chi connectivity index (χ0v) is 20.8. The van der Waals surface area contributed by atoms with E-state index in [1.807, 2.05) is 0 Å². The molecular formula is C28H51N. The molecule has 0 unspecified atom stereocenters. The van der Waals surface area contributed by atoms with Crippen LogP contribution in [0.5, 0.6) is 0 Å². The SMILES string of the molecule is CC(C)CCC[C@H](C)[C@H]1CC[C@@H]2[C@@H]3CC[C@@H]4N(C)[C@H](C)CC[C@@]4(C)[C@@H]3CC[C@]21C. The van der Waals surface area contributed by atoms with E-state index in [0.717, 1.165) is 47.6 Å². The van der Waals surface area contributed by atoms with E-state index in [2.05, 4.69) is 53.5 Å². The molecular weight excluding hydrogens is 350 g/mol. The average Bonchev–Trinajstić information content (AvgIpc) is 3.02. The third-order valence-electron chi connectivity index (χ3n) is 11.3. The molecule has 168 valence electrons. The van der Waals surface area contributed by atoms with E-state index in [1.165, 1.54) is 64.2 Å². The summed E-state index contributed by atoms with van der Waals surface area (Å²) in [7, 11) is 2.43. The molecule has 1 heterocycles. The molecule has 0 N–H and O–H groups in total. The molecule has 4 aliphatic rings. The van der Waals surface area contributed by atoms with E-state index in [4.69, 9.17) is 0 Å². The Morgan fingerprint density at radius 2 is 1.52 bits per heavy atom. The van der Waals surface area contributed by atoms with E-state index in [-0.39, 0.29) is 0 Å². The van der Waals surface area contributed by atoms with Crippen molar-refractivity contribution in [1.82, 2.24) is 4.90 Å². The second-order valence-corrected chi connectivity index (χ2v) is 13.1. The summed E-state index contributed by atoms with van der Waals surface area (Å²) in [6, 6.07) is 1.64. The Morgan fingerprint density at radius 1 is 0.828 bits per heavy atom. The molecule has 3 aliphatic carbocycles. The number of piperidine rings is 1. The molecule has 0 amide bonds. The molecule has 1 nitrogen and oxygen atoms in total. The number of hydrogen-bond acceptors (Lipinski definition) is 1. The average molecular weight is 402 g/mol. The predicted molar refractivity (Wildman–Crippen MR) is 126 cm³/mol. The van der Waals surface area contributed by atoms with E-state index >= 15 is 0 Å². The monoisotopic (exact) mass is 401 g/mol. The van der Waals surface area contributed by atoms with Crippen LogP contribution in [0.25, 0.3) is 0 Å². The summed E-state index contributed by atoms with van der Waals surface area (Å²) in [4.78, 5) is 2.78. The summed E-state index contributed by atoms with van der Waals surface area (Å²) in [5.41, 5.74) is 1.24. The maximum Gasteiger partial charge on any atom is 0.0152 e. The number of hydrogen-bond donors (Lipinski definition) is 0. The molecule has 1 saturated heterocycles. The lowest BCUT2D eigenvalue weighted by atomic mass is 9.46. The topological polar surface area (TPSA) is 3.24 Å². The maximum atomic E-state index is 2.78. The van der Waals surface area contributed by atoms with Gasteiger partial charge in [0, 0.05) is 12.1 Å². The lowest BCUT2D eigenvalue weighted by Gasteiger charge is -2.63. The molecule has 0 bridgehead atoms. The number of rotatable bonds is 5. The highest BCUT2D eigenvalue weighted by molar-refractivity contribution is 5.11. The van der Waals surface area contributed by atoms with Gasteiger partial charge in [-0.25, -0.2) is 0 Å². The number of likely N-dealkylation sites (tertiary alicyclic amines) is 1. The third-order valence-corrected chi connectivity index (χ3v) is 11.3. The molecule has 9 atom stereocenters. The Kier molecular flexibility index (Phi) is 6.22. The largest absolute Gasteiger partial charge is 0.300 e. The van der Waals surface area contributed by atoms with Crippen LogP contribution in [-0.4, -0.2) is 24.0 Å². The summed E-state index contributed by atoms with van der Waals surface area (Å²) in [5.74, 6) is 5.88. The number of fused-ring (bicyclic) bond motifs is 5. The third kappa shape index (κ3) is 3.64. The summed E-state index contributed by atoms with van der Waals surface area (Å²) >= 11 is 0. The fourth-order valence-electron chi connectivity index (χ4n) is 9.51. The van der Waals surface area contributed by atoms with Gasteiger partial charge in [-0.3, -0.25) is 0 Å². The standard InChI is InChI=1S/C28H51N/c1-19(2)9-8-10-20(3)23-12-13-24-22-11-14-26-28(6,17-15-21(4)29(26)7)25(22)16-18-27(23,24)5/h19-26H,8-18H2,1-7H3/t20-,21+,22-,23+,24+,25+,26-,27-,28-/m0/s1. The minimum atomic E-state index is 0.590. The molecule has 3 saturated carbocycles. The van der Waals surface area contributed by atoms with Crippen molar-refractivity contribution in [3.63, 3.8) is 0 Å². The lowest BCUT2D eigenvalue weighted by Crippen LogP contribution is -2.61. The molecule has 0 aromatic heterocycles. The van der Waals surface area contributed by atoms with Gasteiger partial charge in [0.15, 0.2) is 0 Å². The minimum Gasteiger partial charge on any atom is -0.300 e. The molecule has 0 spiro atoms. The highest BCUT2D eigenvalue weighted by Crippen LogP contribution is 2.67. The number of nitrogens with zero attached hydrogens (tertiary/aromatic N) is 1. The molecule has 0 aromatic rings. The van der Waals surface area contributed by atoms with Gasteiger partial charge in [0.25, 0.3) is 0 Å². The van der Waals surface area contributed by atoms with Gasteiger partial charge in [-0.15, -0.1) is 0 Å². The molecule has 4 rings (SSSR count). The fraction of sp³-hybridized carbons (Fsp3) is 1.00. The summed E-state index contributed by atoms with van der Waals surface area (Å²) in [5, 5.41) is 0. The van der Waals surface area contributed by atoms with Crippen molar-refractivity contribution in [2.45, 2.75) is 124 Å². The lowest BCUT2D eigenvalue weighted by molar-refractivity contribution is -0.135. The van der Waals surface area contributed by atoms with E-state index in [1.54, 1.807) is 6.42 Å². The molecule has 29 heavy (non-hydrogen) atoms. The fourth-order valence-corrected chi connectivity index (χ4v) is 9.51. The summed E-state index contributed by atoms with van der Waals surface area (Å²) < 4.78 is 0. The molecule has 1 heteroatoms. The van der Waals surface area contributed by atoms with Crippen molar-refractivity contribution < 1.29 is 0 Å². The molecule has 1 aliphatic heterocycles. The maximum absolute atomic E-state index is 2.78. The van der Waals surface area contributed by atoms with Gasteiger partial charge >= 0.3 is 0 Å². The Labute approximate surface area is 182 Å². The zero-order chi connectivity index (χ0) is 21.0. The highest BCUT2D eigenvalue weighted by atomic mass is 15.2. The molecule has 4 fully saturated rings. The van der Waals surface area contributed by atoms with Crippen LogP contribution in [0.3, 0.4) is 0 Å². The van der Waals surface area contributed by atoms with E-state index in [0.29, 0.717) is 10.8 Å². The van der Waals surface area contributed by atoms with Crippen molar-refractivity contribution in [2.75, 3.05) is 7.05 Å². The van der Waals surface area contributed by atoms with Gasteiger partial charge in [0.1, 0.15) is 0 Å². The first kappa shape index (κ1) is 22.2. The van der Waals surface area contributed by atoms with Gasteiger partial charge < -0.3 is 4.90 Å². The Morgan fingerprint density at radius 3 is 2.24 bits per heavy atom. The van der Waals surface area contributed by atoms with Gasteiger partial charge in [-0.1, -0.05) is 53.9 Å². The first-order chi connectivity index (χ1) is 13.7. The summed E-state index contributed by atoms with van der Waals surface area (Å²) in [6.45, 7) is 15.3. The zero-order valence-electron chi connectivity index (χ0n) is 20.8. The van der Waals surface area contributed by atoms with Gasteiger partial charge in [-0.05, 0) is 112 Å². The first-order valence-corrected chi connectivity index (χ1v) is 13.4. The Balaban J connectivity index is 1.48. The highest BCUT2D eigenvalue weighted by Gasteiger charge is 2.61. The second-order valence-electron chi connectivity index (χ2n) is 13.1. The summed E-state index contributed by atoms with van der Waals surface area (Å²) in [6.07, 6.45) is 16.4. The van der Waals surface area contributed by atoms with Gasteiger partial charge in [0.2, 0.25) is 0 Å². The van der Waals surface area contributed by atoms with Crippen LogP contribution >= 0.6 is 0 Å². The molecule has 0 aromatic carbocycles. The Bertz CT molecular complexity index is 569. The van der Waals surface area contributed by atoms with Crippen molar-refractivity contribution >= 4 is 0 Å². The van der Waals surface area contributed by atoms with Gasteiger partial charge in [0.05, 0.1) is 0 Å². The predicted octanol–water partition coefficient (Wildman–Crippen LogP) is 7.79. The van der Waals surface area contributed by atoms with Gasteiger partial charge in [-0.2, -0.15) is 0 Å². The normalized spacial score (nSPS) is 48.8. The van der Waals surface area contributed by atoms with Crippen molar-refractivity contribution in [3.05, 3.63) is 0 Å². The van der Waals surface area contributed by atoms with Crippen molar-refractivity contribution in [2.24, 2.45) is 46.3 Å². The Hall–Kier alpha value is -0.0400. The van der Waals surface area contributed by atoms with Crippen LogP contribution < -0.4 is 0 Å². The minimum absolute atomic E-state index is 0.590. The van der Waals surface area contributed by atoms with Crippen molar-refractivity contribution in [3.8, 4) is 0 Å². The smallest absolute Gasteiger partial charge is 0.0152 e. The quantitative estimate of drug-likeness (QED) is 0.454. The second kappa shape index (κ2) is 8.14. The van der Waals surface area contributed by atoms with Crippen LogP contribution in [0.4, 0.5) is 0 Å². The van der Waals surface area contributed by atoms with Crippen LogP contribution in [-0.2, 0) is 0 Å². The van der Waals surface area contributed by atoms with Crippen LogP contribution in [0.15, 0.2) is 0 Å². The van der Waals surface area contributed by atoms with E-state index in [9.17, 15) is 0 Å². The van der Waals surface area contributed by atoms with Crippen LogP contribution in [0.1, 0.15) is 112 Å². The molecule has 0 radical (unpaired) electrons. The van der Waals surface area contributed by atoms with Crippen LogP contribution in [0.2, 0.25) is 0 Å². The van der Waals surface area contributed by atoms with E-state index < -0.39 is 0 Å². The van der Waals surface area contributed by atoms with Crippen LogP contribution in [0, 0.1) is 46.3 Å².